The van der Waals surface area contributed by atoms with Crippen molar-refractivity contribution in [1.29, 1.82) is 0 Å². The van der Waals surface area contributed by atoms with Gasteiger partial charge in [0.15, 0.2) is 5.65 Å². The first kappa shape index (κ1) is 13.3. The van der Waals surface area contributed by atoms with Gasteiger partial charge in [-0.15, -0.1) is 0 Å². The fourth-order valence-corrected chi connectivity index (χ4v) is 2.56. The molecule has 3 rings (SSSR count). The SMILES string of the molecule is Cn1cc2c(NCC3(CO)CCOCC3)ncnc2n1. The summed E-state index contributed by atoms with van der Waals surface area (Å²) < 4.78 is 7.10. The summed E-state index contributed by atoms with van der Waals surface area (Å²) in [5, 5.41) is 18.2. The van der Waals surface area contributed by atoms with Crippen LogP contribution in [-0.2, 0) is 11.8 Å². The molecule has 2 aromatic rings. The largest absolute Gasteiger partial charge is 0.396 e. The molecule has 1 saturated heterocycles. The van der Waals surface area contributed by atoms with Gasteiger partial charge in [0.25, 0.3) is 0 Å². The highest BCUT2D eigenvalue weighted by Gasteiger charge is 2.32. The maximum absolute atomic E-state index is 9.69. The van der Waals surface area contributed by atoms with E-state index < -0.39 is 0 Å². The van der Waals surface area contributed by atoms with Gasteiger partial charge in [0.1, 0.15) is 12.1 Å². The third-order valence-corrected chi connectivity index (χ3v) is 3.95. The number of nitrogens with zero attached hydrogens (tertiary/aromatic N) is 4. The molecular formula is C13H19N5O2. The lowest BCUT2D eigenvalue weighted by Gasteiger charge is -2.35. The third-order valence-electron chi connectivity index (χ3n) is 3.95. The van der Waals surface area contributed by atoms with E-state index in [1.165, 1.54) is 6.33 Å². The first-order valence-corrected chi connectivity index (χ1v) is 6.79. The molecule has 20 heavy (non-hydrogen) atoms. The van der Waals surface area contributed by atoms with Crippen molar-refractivity contribution < 1.29 is 9.84 Å². The van der Waals surface area contributed by atoms with E-state index in [0.29, 0.717) is 25.4 Å². The molecule has 0 aromatic carbocycles. The Morgan fingerprint density at radius 2 is 2.20 bits per heavy atom. The molecule has 1 fully saturated rings. The Bertz CT molecular complexity index is 591. The molecule has 2 aromatic heterocycles. The molecule has 0 atom stereocenters. The van der Waals surface area contributed by atoms with Crippen molar-refractivity contribution >= 4 is 16.9 Å². The average molecular weight is 277 g/mol. The van der Waals surface area contributed by atoms with Gasteiger partial charge < -0.3 is 15.2 Å². The monoisotopic (exact) mass is 277 g/mol. The molecule has 2 N–H and O–H groups in total. The van der Waals surface area contributed by atoms with E-state index in [0.717, 1.165) is 24.0 Å². The highest BCUT2D eigenvalue weighted by atomic mass is 16.5. The molecule has 0 spiro atoms. The number of aliphatic hydroxyl groups is 1. The van der Waals surface area contributed by atoms with E-state index in [-0.39, 0.29) is 12.0 Å². The van der Waals surface area contributed by atoms with Crippen LogP contribution < -0.4 is 5.32 Å². The van der Waals surface area contributed by atoms with Crippen LogP contribution >= 0.6 is 0 Å². The van der Waals surface area contributed by atoms with Crippen LogP contribution in [0.4, 0.5) is 5.82 Å². The molecule has 0 unspecified atom stereocenters. The molecule has 0 aliphatic carbocycles. The number of aryl methyl sites for hydroxylation is 1. The number of fused-ring (bicyclic) bond motifs is 1. The molecule has 1 aliphatic rings. The zero-order valence-corrected chi connectivity index (χ0v) is 11.5. The zero-order valence-electron chi connectivity index (χ0n) is 11.5. The Kier molecular flexibility index (Phi) is 3.54. The second-order valence-corrected chi connectivity index (χ2v) is 5.39. The van der Waals surface area contributed by atoms with Crippen molar-refractivity contribution in [2.45, 2.75) is 12.8 Å². The van der Waals surface area contributed by atoms with Crippen molar-refractivity contribution in [2.75, 3.05) is 31.7 Å². The fraction of sp³-hybridized carbons (Fsp3) is 0.615. The molecule has 0 amide bonds. The molecule has 0 saturated carbocycles. The van der Waals surface area contributed by atoms with Crippen LogP contribution in [0.1, 0.15) is 12.8 Å². The van der Waals surface area contributed by atoms with Gasteiger partial charge in [-0.1, -0.05) is 0 Å². The van der Waals surface area contributed by atoms with Gasteiger partial charge in [-0.25, -0.2) is 9.97 Å². The number of rotatable bonds is 4. The lowest BCUT2D eigenvalue weighted by atomic mass is 9.81. The van der Waals surface area contributed by atoms with E-state index in [1.54, 1.807) is 4.68 Å². The maximum Gasteiger partial charge on any atom is 0.186 e. The standard InChI is InChI=1S/C13H19N5O2/c1-18-6-10-11(15-9-16-12(10)17-18)14-7-13(8-19)2-4-20-5-3-13/h6,9,19H,2-5,7-8H2,1H3,(H,14,15,16,17). The second-order valence-electron chi connectivity index (χ2n) is 5.39. The summed E-state index contributed by atoms with van der Waals surface area (Å²) in [5.41, 5.74) is 0.549. The van der Waals surface area contributed by atoms with E-state index in [4.69, 9.17) is 4.74 Å². The van der Waals surface area contributed by atoms with Crippen LogP contribution in [0.3, 0.4) is 0 Å². The van der Waals surface area contributed by atoms with Crippen molar-refractivity contribution in [3.8, 4) is 0 Å². The number of anilines is 1. The normalized spacial score (nSPS) is 18.3. The summed E-state index contributed by atoms with van der Waals surface area (Å²) in [5.74, 6) is 0.766. The number of ether oxygens (including phenoxy) is 1. The van der Waals surface area contributed by atoms with Gasteiger partial charge in [0, 0.05) is 38.4 Å². The Hall–Kier alpha value is -1.73. The summed E-state index contributed by atoms with van der Waals surface area (Å²) in [6, 6.07) is 0. The zero-order chi connectivity index (χ0) is 14.0. The van der Waals surface area contributed by atoms with Crippen LogP contribution in [0, 0.1) is 5.41 Å². The van der Waals surface area contributed by atoms with Gasteiger partial charge >= 0.3 is 0 Å². The van der Waals surface area contributed by atoms with Crippen molar-refractivity contribution in [3.63, 3.8) is 0 Å². The van der Waals surface area contributed by atoms with Crippen LogP contribution in [0.5, 0.6) is 0 Å². The Morgan fingerprint density at radius 3 is 2.95 bits per heavy atom. The van der Waals surface area contributed by atoms with E-state index in [2.05, 4.69) is 20.4 Å². The van der Waals surface area contributed by atoms with E-state index in [9.17, 15) is 5.11 Å². The maximum atomic E-state index is 9.69. The summed E-state index contributed by atoms with van der Waals surface area (Å²) in [4.78, 5) is 8.42. The summed E-state index contributed by atoms with van der Waals surface area (Å²) >= 11 is 0. The predicted molar refractivity (Wildman–Crippen MR) is 74.4 cm³/mol. The second kappa shape index (κ2) is 5.34. The molecule has 108 valence electrons. The number of hydrogen-bond donors (Lipinski definition) is 2. The van der Waals surface area contributed by atoms with E-state index in [1.807, 2.05) is 13.2 Å². The molecule has 0 bridgehead atoms. The summed E-state index contributed by atoms with van der Waals surface area (Å²) in [6.07, 6.45) is 5.12. The lowest BCUT2D eigenvalue weighted by Crippen LogP contribution is -2.39. The third kappa shape index (κ3) is 2.46. The molecular weight excluding hydrogens is 258 g/mol. The number of aliphatic hydroxyl groups excluding tert-OH is 1. The Labute approximate surface area is 117 Å². The number of aromatic nitrogens is 4. The lowest BCUT2D eigenvalue weighted by molar-refractivity contribution is -0.00860. The Balaban J connectivity index is 1.79. The molecule has 7 heteroatoms. The average Bonchev–Trinajstić information content (AvgIpc) is 2.87. The number of nitrogens with one attached hydrogen (secondary N) is 1. The summed E-state index contributed by atoms with van der Waals surface area (Å²) in [6.45, 7) is 2.24. The van der Waals surface area contributed by atoms with Crippen LogP contribution in [0.2, 0.25) is 0 Å². The van der Waals surface area contributed by atoms with Gasteiger partial charge in [0.2, 0.25) is 0 Å². The van der Waals surface area contributed by atoms with Gasteiger partial charge in [-0.3, -0.25) is 4.68 Å². The Morgan fingerprint density at radius 1 is 1.40 bits per heavy atom. The highest BCUT2D eigenvalue weighted by Crippen LogP contribution is 2.30. The predicted octanol–water partition coefficient (Wildman–Crippen LogP) is 0.564. The molecule has 0 radical (unpaired) electrons. The minimum atomic E-state index is -0.127. The van der Waals surface area contributed by atoms with Gasteiger partial charge in [-0.2, -0.15) is 5.10 Å². The van der Waals surface area contributed by atoms with Crippen LogP contribution in [-0.4, -0.2) is 51.2 Å². The first-order chi connectivity index (χ1) is 9.72. The minimum Gasteiger partial charge on any atom is -0.396 e. The quantitative estimate of drug-likeness (QED) is 0.849. The van der Waals surface area contributed by atoms with E-state index >= 15 is 0 Å². The fourth-order valence-electron chi connectivity index (χ4n) is 2.56. The minimum absolute atomic E-state index is 0.127. The van der Waals surface area contributed by atoms with Crippen LogP contribution in [0.25, 0.3) is 11.0 Å². The first-order valence-electron chi connectivity index (χ1n) is 6.79. The van der Waals surface area contributed by atoms with Gasteiger partial charge in [0.05, 0.1) is 12.0 Å². The van der Waals surface area contributed by atoms with Crippen molar-refractivity contribution in [1.82, 2.24) is 19.7 Å². The van der Waals surface area contributed by atoms with Gasteiger partial charge in [-0.05, 0) is 12.8 Å². The topological polar surface area (TPSA) is 85.1 Å². The molecule has 1 aliphatic heterocycles. The number of hydrogen-bond acceptors (Lipinski definition) is 6. The highest BCUT2D eigenvalue weighted by molar-refractivity contribution is 5.85. The van der Waals surface area contributed by atoms with Crippen molar-refractivity contribution in [2.24, 2.45) is 12.5 Å². The van der Waals surface area contributed by atoms with Crippen molar-refractivity contribution in [3.05, 3.63) is 12.5 Å². The smallest absolute Gasteiger partial charge is 0.186 e. The molecule has 7 nitrogen and oxygen atoms in total. The summed E-state index contributed by atoms with van der Waals surface area (Å²) in [7, 11) is 1.86. The van der Waals surface area contributed by atoms with Crippen LogP contribution in [0.15, 0.2) is 12.5 Å². The molecule has 3 heterocycles.